The molecule has 3 aromatic rings. The lowest BCUT2D eigenvalue weighted by molar-refractivity contribution is -0.133. The summed E-state index contributed by atoms with van der Waals surface area (Å²) >= 11 is 0. The summed E-state index contributed by atoms with van der Waals surface area (Å²) in [5, 5.41) is 8.89. The molecule has 31 heavy (non-hydrogen) atoms. The summed E-state index contributed by atoms with van der Waals surface area (Å²) in [7, 11) is 0. The van der Waals surface area contributed by atoms with Crippen LogP contribution in [0.4, 0.5) is 4.39 Å². The number of carbonyl (C=O) groups is 1. The Morgan fingerprint density at radius 2 is 1.74 bits per heavy atom. The molecule has 1 aliphatic heterocycles. The molecule has 0 aliphatic carbocycles. The fourth-order valence-corrected chi connectivity index (χ4v) is 3.80. The number of halogens is 1. The van der Waals surface area contributed by atoms with E-state index in [1.165, 1.54) is 11.6 Å². The SMILES string of the molecule is N#Cc1ccc(CN2CCN(C(=O)CCc3ccc(-c4ccccc4F)o3)CC2)cc1. The second kappa shape index (κ2) is 9.59. The molecule has 0 saturated carbocycles. The number of benzene rings is 2. The zero-order chi connectivity index (χ0) is 21.6. The summed E-state index contributed by atoms with van der Waals surface area (Å²) in [6.07, 6.45) is 0.874. The van der Waals surface area contributed by atoms with Gasteiger partial charge in [0.05, 0.1) is 17.2 Å². The van der Waals surface area contributed by atoms with Crippen molar-refractivity contribution < 1.29 is 13.6 Å². The van der Waals surface area contributed by atoms with Gasteiger partial charge in [-0.3, -0.25) is 9.69 Å². The van der Waals surface area contributed by atoms with Gasteiger partial charge in [-0.1, -0.05) is 24.3 Å². The molecular formula is C25H24FN3O2. The highest BCUT2D eigenvalue weighted by molar-refractivity contribution is 5.76. The minimum Gasteiger partial charge on any atom is -0.461 e. The third-order valence-corrected chi connectivity index (χ3v) is 5.60. The molecule has 0 bridgehead atoms. The Bertz CT molecular complexity index is 1080. The number of nitrogens with zero attached hydrogens (tertiary/aromatic N) is 3. The lowest BCUT2D eigenvalue weighted by Gasteiger charge is -2.34. The van der Waals surface area contributed by atoms with Crippen molar-refractivity contribution in [3.05, 3.63) is 83.4 Å². The predicted octanol–water partition coefficient (Wildman–Crippen LogP) is 4.23. The zero-order valence-corrected chi connectivity index (χ0v) is 17.3. The highest BCUT2D eigenvalue weighted by Gasteiger charge is 2.21. The van der Waals surface area contributed by atoms with E-state index in [4.69, 9.17) is 9.68 Å². The number of carbonyl (C=O) groups excluding carboxylic acids is 1. The fraction of sp³-hybridized carbons (Fsp3) is 0.280. The van der Waals surface area contributed by atoms with Crippen molar-refractivity contribution in [3.63, 3.8) is 0 Å². The summed E-state index contributed by atoms with van der Waals surface area (Å²) in [5.41, 5.74) is 2.26. The number of hydrogen-bond acceptors (Lipinski definition) is 4. The van der Waals surface area contributed by atoms with Crippen LogP contribution in [-0.2, 0) is 17.8 Å². The maximum atomic E-state index is 13.9. The monoisotopic (exact) mass is 417 g/mol. The van der Waals surface area contributed by atoms with Crippen LogP contribution < -0.4 is 0 Å². The molecule has 6 heteroatoms. The van der Waals surface area contributed by atoms with Gasteiger partial charge in [0.2, 0.25) is 5.91 Å². The van der Waals surface area contributed by atoms with Crippen LogP contribution in [0.3, 0.4) is 0 Å². The number of nitriles is 1. The molecule has 1 fully saturated rings. The highest BCUT2D eigenvalue weighted by atomic mass is 19.1. The number of furan rings is 1. The summed E-state index contributed by atoms with van der Waals surface area (Å²) < 4.78 is 19.7. The van der Waals surface area contributed by atoms with Crippen molar-refractivity contribution in [2.75, 3.05) is 26.2 Å². The van der Waals surface area contributed by atoms with Crippen molar-refractivity contribution in [1.29, 1.82) is 5.26 Å². The largest absolute Gasteiger partial charge is 0.461 e. The van der Waals surface area contributed by atoms with Crippen LogP contribution in [0.15, 0.2) is 65.1 Å². The number of amides is 1. The van der Waals surface area contributed by atoms with E-state index in [9.17, 15) is 9.18 Å². The normalized spacial score (nSPS) is 14.4. The Morgan fingerprint density at radius 3 is 2.45 bits per heavy atom. The first kappa shape index (κ1) is 20.8. The molecule has 1 aromatic heterocycles. The summed E-state index contributed by atoms with van der Waals surface area (Å²) in [6, 6.07) is 19.8. The highest BCUT2D eigenvalue weighted by Crippen LogP contribution is 2.25. The molecule has 0 atom stereocenters. The quantitative estimate of drug-likeness (QED) is 0.602. The van der Waals surface area contributed by atoms with E-state index < -0.39 is 0 Å². The van der Waals surface area contributed by atoms with Gasteiger partial charge in [-0.25, -0.2) is 4.39 Å². The minimum atomic E-state index is -0.321. The summed E-state index contributed by atoms with van der Waals surface area (Å²) in [6.45, 7) is 3.87. The molecule has 0 N–H and O–H groups in total. The van der Waals surface area contributed by atoms with Crippen LogP contribution >= 0.6 is 0 Å². The standard InChI is InChI=1S/C25H24FN3O2/c26-23-4-2-1-3-22(23)24-11-9-21(31-24)10-12-25(30)29-15-13-28(14-16-29)18-20-7-5-19(17-27)6-8-20/h1-9,11H,10,12-16,18H2. The van der Waals surface area contributed by atoms with Crippen LogP contribution in [0.5, 0.6) is 0 Å². The van der Waals surface area contributed by atoms with Gasteiger partial charge in [-0.15, -0.1) is 0 Å². The maximum Gasteiger partial charge on any atom is 0.223 e. The van der Waals surface area contributed by atoms with E-state index in [-0.39, 0.29) is 11.7 Å². The Hall–Kier alpha value is -3.43. The number of rotatable bonds is 6. The Kier molecular flexibility index (Phi) is 6.44. The lowest BCUT2D eigenvalue weighted by Crippen LogP contribution is -2.48. The number of aryl methyl sites for hydroxylation is 1. The van der Waals surface area contributed by atoms with Crippen LogP contribution in [0.2, 0.25) is 0 Å². The van der Waals surface area contributed by atoms with E-state index in [1.54, 1.807) is 24.3 Å². The molecule has 1 saturated heterocycles. The van der Waals surface area contributed by atoms with Gasteiger partial charge in [0.15, 0.2) is 0 Å². The van der Waals surface area contributed by atoms with Gasteiger partial charge in [0, 0.05) is 45.6 Å². The van der Waals surface area contributed by atoms with Crippen LogP contribution in [0.25, 0.3) is 11.3 Å². The topological polar surface area (TPSA) is 60.5 Å². The van der Waals surface area contributed by atoms with Crippen molar-refractivity contribution in [2.45, 2.75) is 19.4 Å². The second-order valence-electron chi connectivity index (χ2n) is 7.71. The van der Waals surface area contributed by atoms with E-state index in [2.05, 4.69) is 11.0 Å². The van der Waals surface area contributed by atoms with Crippen LogP contribution in [0.1, 0.15) is 23.3 Å². The maximum absolute atomic E-state index is 13.9. The molecule has 0 radical (unpaired) electrons. The molecule has 1 aliphatic rings. The van der Waals surface area contributed by atoms with Crippen LogP contribution in [0, 0.1) is 17.1 Å². The molecular weight excluding hydrogens is 393 g/mol. The average Bonchev–Trinajstić information content (AvgIpc) is 3.27. The van der Waals surface area contributed by atoms with Gasteiger partial charge in [-0.2, -0.15) is 5.26 Å². The minimum absolute atomic E-state index is 0.113. The number of piperazine rings is 1. The van der Waals surface area contributed by atoms with Gasteiger partial charge >= 0.3 is 0 Å². The van der Waals surface area contributed by atoms with E-state index in [0.717, 1.165) is 19.6 Å². The Balaban J connectivity index is 1.24. The van der Waals surface area contributed by atoms with Crippen molar-refractivity contribution >= 4 is 5.91 Å². The van der Waals surface area contributed by atoms with E-state index in [1.807, 2.05) is 35.2 Å². The average molecular weight is 417 g/mol. The van der Waals surface area contributed by atoms with Gasteiger partial charge in [-0.05, 0) is 42.0 Å². The summed E-state index contributed by atoms with van der Waals surface area (Å²) in [4.78, 5) is 16.8. The Labute approximate surface area is 181 Å². The molecule has 1 amide bonds. The van der Waals surface area contributed by atoms with Crippen LogP contribution in [-0.4, -0.2) is 41.9 Å². The molecule has 2 heterocycles. The van der Waals surface area contributed by atoms with Gasteiger partial charge < -0.3 is 9.32 Å². The summed E-state index contributed by atoms with van der Waals surface area (Å²) in [5.74, 6) is 0.961. The predicted molar refractivity (Wildman–Crippen MR) is 115 cm³/mol. The molecule has 4 rings (SSSR count). The van der Waals surface area contributed by atoms with Crippen molar-refractivity contribution in [2.24, 2.45) is 0 Å². The second-order valence-corrected chi connectivity index (χ2v) is 7.71. The van der Waals surface area contributed by atoms with Crippen molar-refractivity contribution in [1.82, 2.24) is 9.80 Å². The first-order chi connectivity index (χ1) is 15.1. The third kappa shape index (κ3) is 5.19. The Morgan fingerprint density at radius 1 is 1.00 bits per heavy atom. The molecule has 158 valence electrons. The molecule has 0 unspecified atom stereocenters. The zero-order valence-electron chi connectivity index (χ0n) is 17.3. The fourth-order valence-electron chi connectivity index (χ4n) is 3.80. The van der Waals surface area contributed by atoms with E-state index >= 15 is 0 Å². The van der Waals surface area contributed by atoms with E-state index in [0.29, 0.717) is 48.6 Å². The molecule has 2 aromatic carbocycles. The first-order valence-electron chi connectivity index (χ1n) is 10.4. The third-order valence-electron chi connectivity index (χ3n) is 5.60. The van der Waals surface area contributed by atoms with Crippen molar-refractivity contribution in [3.8, 4) is 17.4 Å². The van der Waals surface area contributed by atoms with Gasteiger partial charge in [0.1, 0.15) is 17.3 Å². The molecule has 0 spiro atoms. The van der Waals surface area contributed by atoms with Gasteiger partial charge in [0.25, 0.3) is 0 Å². The lowest BCUT2D eigenvalue weighted by atomic mass is 10.1. The smallest absolute Gasteiger partial charge is 0.223 e. The molecule has 5 nitrogen and oxygen atoms in total. The number of hydrogen-bond donors (Lipinski definition) is 0. The first-order valence-corrected chi connectivity index (χ1v) is 10.4.